The first-order valence-corrected chi connectivity index (χ1v) is 14.2. The van der Waals surface area contributed by atoms with Crippen molar-refractivity contribution in [3.8, 4) is 22.6 Å². The minimum atomic E-state index is -1.96. The van der Waals surface area contributed by atoms with Crippen LogP contribution in [0.25, 0.3) is 11.1 Å². The maximum Gasteiger partial charge on any atom is 0.268 e. The largest absolute Gasteiger partial charge is 0.504 e. The van der Waals surface area contributed by atoms with Gasteiger partial charge in [0.15, 0.2) is 10.6 Å². The molecule has 5 rings (SSSR count). The Kier molecular flexibility index (Phi) is 7.79. The molecule has 3 heterocycles. The summed E-state index contributed by atoms with van der Waals surface area (Å²) in [7, 11) is -1.96. The van der Waals surface area contributed by atoms with Gasteiger partial charge in [-0.1, -0.05) is 37.6 Å². The number of halogens is 1. The summed E-state index contributed by atoms with van der Waals surface area (Å²) in [5.41, 5.74) is 3.31. The van der Waals surface area contributed by atoms with Gasteiger partial charge in [0.05, 0.1) is 23.1 Å². The Morgan fingerprint density at radius 2 is 1.90 bits per heavy atom. The van der Waals surface area contributed by atoms with E-state index in [4.69, 9.17) is 4.74 Å². The lowest BCUT2D eigenvalue weighted by Gasteiger charge is -2.27. The van der Waals surface area contributed by atoms with Crippen LogP contribution in [0.4, 0.5) is 15.8 Å². The highest BCUT2D eigenvalue weighted by Crippen LogP contribution is 2.43. The summed E-state index contributed by atoms with van der Waals surface area (Å²) in [5, 5.41) is 11.6. The zero-order valence-corrected chi connectivity index (χ0v) is 22.7. The van der Waals surface area contributed by atoms with Crippen molar-refractivity contribution >= 4 is 22.2 Å². The molecule has 2 aromatic carbocycles. The van der Waals surface area contributed by atoms with Gasteiger partial charge in [0, 0.05) is 28.4 Å². The van der Waals surface area contributed by atoms with Gasteiger partial charge in [0.25, 0.3) is 5.56 Å². The smallest absolute Gasteiger partial charge is 0.268 e. The van der Waals surface area contributed by atoms with Crippen LogP contribution in [0, 0.1) is 12.9 Å². The van der Waals surface area contributed by atoms with Gasteiger partial charge in [0.2, 0.25) is 5.95 Å². The average Bonchev–Trinajstić information content (AvgIpc) is 3.14. The molecule has 0 amide bonds. The first-order chi connectivity index (χ1) is 18.9. The molecule has 1 aliphatic rings. The molecular formula is C30H30FN3O4S. The Morgan fingerprint density at radius 3 is 2.64 bits per heavy atom. The maximum absolute atomic E-state index is 13.7. The number of hydrogen-bond donors (Lipinski definition) is 2. The van der Waals surface area contributed by atoms with Crippen LogP contribution in [0.3, 0.4) is 0 Å². The minimum absolute atomic E-state index is 0.194. The van der Waals surface area contributed by atoms with E-state index in [2.05, 4.69) is 16.9 Å². The molecule has 7 nitrogen and oxygen atoms in total. The van der Waals surface area contributed by atoms with Crippen LogP contribution in [-0.4, -0.2) is 32.4 Å². The number of para-hydroxylation sites is 2. The van der Waals surface area contributed by atoms with E-state index in [1.807, 2.05) is 29.2 Å². The van der Waals surface area contributed by atoms with E-state index in [9.17, 15) is 18.5 Å². The zero-order valence-electron chi connectivity index (χ0n) is 21.9. The van der Waals surface area contributed by atoms with Gasteiger partial charge >= 0.3 is 0 Å². The number of nitrogens with one attached hydrogen (secondary N) is 1. The molecule has 4 aromatic rings. The minimum Gasteiger partial charge on any atom is -0.504 e. The van der Waals surface area contributed by atoms with E-state index in [1.54, 1.807) is 37.3 Å². The summed E-state index contributed by atoms with van der Waals surface area (Å²) in [6, 6.07) is 17.3. The molecule has 9 heteroatoms. The lowest BCUT2D eigenvalue weighted by molar-refractivity contribution is 0.322. The first-order valence-electron chi connectivity index (χ1n) is 13.0. The number of hydrogen-bond acceptors (Lipinski definition) is 6. The summed E-state index contributed by atoms with van der Waals surface area (Å²) < 4.78 is 33.1. The average molecular weight is 548 g/mol. The molecule has 0 spiro atoms. The molecule has 202 valence electrons. The van der Waals surface area contributed by atoms with Crippen LogP contribution in [0.2, 0.25) is 0 Å². The Morgan fingerprint density at radius 1 is 1.13 bits per heavy atom. The van der Waals surface area contributed by atoms with Crippen molar-refractivity contribution in [3.05, 3.63) is 88.4 Å². The Balaban J connectivity index is 1.59. The van der Waals surface area contributed by atoms with Crippen molar-refractivity contribution in [2.45, 2.75) is 49.3 Å². The van der Waals surface area contributed by atoms with Gasteiger partial charge in [-0.05, 0) is 68.1 Å². The third kappa shape index (κ3) is 5.31. The second-order valence-electron chi connectivity index (χ2n) is 9.44. The van der Waals surface area contributed by atoms with Gasteiger partial charge in [-0.2, -0.15) is 4.39 Å². The molecule has 1 unspecified atom stereocenters. The standard InChI is InChI=1S/C30H30FN3O4S/c1-3-4-8-23-27(34-17-7-18-38-25-10-6-5-9-24(25)34)28(35)29(30(36)33-23)39(37)21-13-11-20(12-14-21)22-15-16-26(31)32-19(22)2/h5-6,9-16H,3-4,7-8,17-18H2,1-2H3,(H2,33,35,36). The molecule has 0 fully saturated rings. The Labute approximate surface area is 228 Å². The number of anilines is 2. The number of aryl methyl sites for hydroxylation is 2. The summed E-state index contributed by atoms with van der Waals surface area (Å²) in [6.07, 6.45) is 2.99. The number of pyridine rings is 2. The first kappa shape index (κ1) is 26.6. The topological polar surface area (TPSA) is 95.5 Å². The number of fused-ring (bicyclic) bond motifs is 1. The SMILES string of the molecule is CCCCc1[nH]c(=O)c(S(=O)c2ccc(-c3ccc(F)nc3C)cc2)c(O)c1N1CCCOc2ccccc21. The number of aromatic amines is 1. The molecule has 0 bridgehead atoms. The summed E-state index contributed by atoms with van der Waals surface area (Å²) in [4.78, 5) is 22.2. The lowest BCUT2D eigenvalue weighted by Crippen LogP contribution is -2.25. The normalized spacial score (nSPS) is 13.9. The summed E-state index contributed by atoms with van der Waals surface area (Å²) >= 11 is 0. The van der Waals surface area contributed by atoms with Crippen molar-refractivity contribution < 1.29 is 18.4 Å². The predicted molar refractivity (Wildman–Crippen MR) is 150 cm³/mol. The van der Waals surface area contributed by atoms with Crippen LogP contribution in [-0.2, 0) is 17.2 Å². The number of nitrogens with zero attached hydrogens (tertiary/aromatic N) is 2. The highest BCUT2D eigenvalue weighted by atomic mass is 32.2. The molecule has 0 radical (unpaired) electrons. The van der Waals surface area contributed by atoms with E-state index < -0.39 is 22.3 Å². The van der Waals surface area contributed by atoms with Crippen molar-refractivity contribution in [2.24, 2.45) is 0 Å². The molecule has 39 heavy (non-hydrogen) atoms. The molecule has 0 aliphatic carbocycles. The van der Waals surface area contributed by atoms with Crippen molar-refractivity contribution in [1.82, 2.24) is 9.97 Å². The van der Waals surface area contributed by atoms with Crippen molar-refractivity contribution in [3.63, 3.8) is 0 Å². The molecular weight excluding hydrogens is 517 g/mol. The highest BCUT2D eigenvalue weighted by molar-refractivity contribution is 7.85. The van der Waals surface area contributed by atoms with Gasteiger partial charge in [-0.3, -0.25) is 4.79 Å². The molecule has 2 N–H and O–H groups in total. The fourth-order valence-corrected chi connectivity index (χ4v) is 5.99. The van der Waals surface area contributed by atoms with E-state index in [0.29, 0.717) is 53.7 Å². The number of rotatable bonds is 7. The van der Waals surface area contributed by atoms with Crippen molar-refractivity contribution in [2.75, 3.05) is 18.1 Å². The number of ether oxygens (including phenoxy) is 1. The molecule has 2 aromatic heterocycles. The summed E-state index contributed by atoms with van der Waals surface area (Å²) in [5.74, 6) is -0.158. The fourth-order valence-electron chi connectivity index (χ4n) is 4.88. The highest BCUT2D eigenvalue weighted by Gasteiger charge is 2.29. The molecule has 1 aliphatic heterocycles. The van der Waals surface area contributed by atoms with Crippen LogP contribution >= 0.6 is 0 Å². The van der Waals surface area contributed by atoms with E-state index in [0.717, 1.165) is 29.7 Å². The number of aromatic hydroxyl groups is 1. The second kappa shape index (κ2) is 11.4. The molecule has 0 saturated carbocycles. The molecule has 0 saturated heterocycles. The van der Waals surface area contributed by atoms with Crippen LogP contribution in [0.15, 0.2) is 75.2 Å². The van der Waals surface area contributed by atoms with E-state index in [-0.39, 0.29) is 10.6 Å². The third-order valence-electron chi connectivity index (χ3n) is 6.80. The summed E-state index contributed by atoms with van der Waals surface area (Å²) in [6.45, 7) is 4.86. The number of H-pyrrole nitrogens is 1. The van der Waals surface area contributed by atoms with Gasteiger partial charge in [-0.15, -0.1) is 0 Å². The number of unbranched alkanes of at least 4 members (excludes halogenated alkanes) is 1. The van der Waals surface area contributed by atoms with Crippen molar-refractivity contribution in [1.29, 1.82) is 0 Å². The second-order valence-corrected chi connectivity index (χ2v) is 10.9. The Bertz CT molecular complexity index is 1590. The Hall–Kier alpha value is -3.98. The van der Waals surface area contributed by atoms with Gasteiger partial charge in [-0.25, -0.2) is 9.19 Å². The van der Waals surface area contributed by atoms with E-state index >= 15 is 0 Å². The quantitative estimate of drug-likeness (QED) is 0.275. The zero-order chi connectivity index (χ0) is 27.5. The van der Waals surface area contributed by atoms with Gasteiger partial charge in [0.1, 0.15) is 11.4 Å². The fraction of sp³-hybridized carbons (Fsp3) is 0.267. The third-order valence-corrected chi connectivity index (χ3v) is 8.25. The van der Waals surface area contributed by atoms with Crippen LogP contribution in [0.1, 0.15) is 37.6 Å². The monoisotopic (exact) mass is 547 g/mol. The van der Waals surface area contributed by atoms with Crippen LogP contribution < -0.4 is 15.2 Å². The molecule has 1 atom stereocenters. The number of benzene rings is 2. The number of aromatic nitrogens is 2. The maximum atomic E-state index is 13.7. The lowest BCUT2D eigenvalue weighted by atomic mass is 10.1. The van der Waals surface area contributed by atoms with Crippen LogP contribution in [0.5, 0.6) is 11.5 Å². The van der Waals surface area contributed by atoms with Gasteiger partial charge < -0.3 is 19.7 Å². The van der Waals surface area contributed by atoms with E-state index in [1.165, 1.54) is 6.07 Å². The predicted octanol–water partition coefficient (Wildman–Crippen LogP) is 6.02.